The number of aliphatic imine (C=N–C) groups is 1. The zero-order valence-corrected chi connectivity index (χ0v) is 22.2. The van der Waals surface area contributed by atoms with Gasteiger partial charge >= 0.3 is 0 Å². The highest BCUT2D eigenvalue weighted by atomic mass is 35.5. The second kappa shape index (κ2) is 8.81. The number of benzene rings is 3. The molecule has 2 amide bonds. The van der Waals surface area contributed by atoms with Gasteiger partial charge in [-0.1, -0.05) is 58.5 Å². The summed E-state index contributed by atoms with van der Waals surface area (Å²) in [6.45, 7) is 0. The van der Waals surface area contributed by atoms with E-state index >= 15 is 0 Å². The average molecular weight is 576 g/mol. The summed E-state index contributed by atoms with van der Waals surface area (Å²) < 4.78 is 5.26. The lowest BCUT2D eigenvalue weighted by Gasteiger charge is -2.45. The van der Waals surface area contributed by atoms with Gasteiger partial charge in [0.2, 0.25) is 5.91 Å². The summed E-state index contributed by atoms with van der Waals surface area (Å²) >= 11 is 25.4. The largest absolute Gasteiger partial charge is 0.497 e. The van der Waals surface area contributed by atoms with Crippen molar-refractivity contribution < 1.29 is 14.3 Å². The van der Waals surface area contributed by atoms with Crippen molar-refractivity contribution in [1.82, 2.24) is 5.32 Å². The molecular weight excluding hydrogens is 558 g/mol. The van der Waals surface area contributed by atoms with Crippen LogP contribution in [0.4, 0.5) is 11.4 Å². The number of guanidine groups is 1. The number of carbonyl (C=O) groups excluding carboxylic acids is 2. The van der Waals surface area contributed by atoms with Crippen LogP contribution in [-0.2, 0) is 21.5 Å². The zero-order chi connectivity index (χ0) is 26.1. The van der Waals surface area contributed by atoms with E-state index in [4.69, 9.17) is 56.1 Å². The molecule has 1 fully saturated rings. The molecule has 6 rings (SSSR count). The first-order valence-corrected chi connectivity index (χ1v) is 12.8. The summed E-state index contributed by atoms with van der Waals surface area (Å²) in [5, 5.41) is 7.63. The van der Waals surface area contributed by atoms with Crippen molar-refractivity contribution in [2.75, 3.05) is 17.3 Å². The summed E-state index contributed by atoms with van der Waals surface area (Å²) in [6, 6.07) is 14.8. The van der Waals surface area contributed by atoms with Gasteiger partial charge in [0, 0.05) is 20.6 Å². The van der Waals surface area contributed by atoms with Crippen LogP contribution in [0.2, 0.25) is 20.1 Å². The van der Waals surface area contributed by atoms with E-state index in [0.29, 0.717) is 49.5 Å². The number of amides is 2. The molecule has 3 aromatic carbocycles. The highest BCUT2D eigenvalue weighted by Gasteiger charge is 2.67. The maximum Gasteiger partial charge on any atom is 0.265 e. The van der Waals surface area contributed by atoms with Crippen molar-refractivity contribution in [2.24, 2.45) is 10.9 Å². The fourth-order valence-corrected chi connectivity index (χ4v) is 6.46. The Morgan fingerprint density at radius 1 is 0.973 bits per heavy atom. The van der Waals surface area contributed by atoms with Crippen molar-refractivity contribution in [3.63, 3.8) is 0 Å². The quantitative estimate of drug-likeness (QED) is 0.391. The van der Waals surface area contributed by atoms with Gasteiger partial charge in [0.1, 0.15) is 5.75 Å². The van der Waals surface area contributed by atoms with Crippen LogP contribution in [0, 0.1) is 5.92 Å². The van der Waals surface area contributed by atoms with Crippen LogP contribution >= 0.6 is 46.4 Å². The normalized spacial score (nSPS) is 23.6. The molecule has 11 heteroatoms. The van der Waals surface area contributed by atoms with E-state index in [-0.39, 0.29) is 5.69 Å². The molecule has 3 unspecified atom stereocenters. The number of fused-ring (bicyclic) bond motifs is 2. The summed E-state index contributed by atoms with van der Waals surface area (Å²) in [6.07, 6.45) is 0.399. The molecule has 3 aliphatic rings. The molecular formula is C26H18Cl4N4O3. The number of halogens is 4. The molecule has 188 valence electrons. The number of nitrogens with one attached hydrogen (secondary N) is 2. The monoisotopic (exact) mass is 574 g/mol. The van der Waals surface area contributed by atoms with E-state index in [1.54, 1.807) is 19.2 Å². The van der Waals surface area contributed by atoms with E-state index in [1.807, 2.05) is 24.3 Å². The maximum atomic E-state index is 14.3. The number of anilines is 2. The number of hydrogen-bond acceptors (Lipinski definition) is 6. The Morgan fingerprint density at radius 3 is 2.32 bits per heavy atom. The van der Waals surface area contributed by atoms with Gasteiger partial charge in [-0.25, -0.2) is 9.89 Å². The van der Waals surface area contributed by atoms with Gasteiger partial charge in [0.15, 0.2) is 11.5 Å². The number of methoxy groups -OCH3 is 1. The molecule has 2 bridgehead atoms. The molecule has 1 spiro atoms. The van der Waals surface area contributed by atoms with Crippen molar-refractivity contribution in [3.8, 4) is 5.75 Å². The van der Waals surface area contributed by atoms with Crippen LogP contribution in [0.25, 0.3) is 0 Å². The van der Waals surface area contributed by atoms with Gasteiger partial charge in [-0.3, -0.25) is 9.59 Å². The Morgan fingerprint density at radius 2 is 1.65 bits per heavy atom. The molecule has 3 heterocycles. The Balaban J connectivity index is 1.54. The first-order valence-electron chi connectivity index (χ1n) is 11.3. The minimum absolute atomic E-state index is 0.274. The number of rotatable bonds is 4. The Hall–Kier alpha value is -2.97. The third-order valence-corrected chi connectivity index (χ3v) is 7.87. The predicted molar refractivity (Wildman–Crippen MR) is 145 cm³/mol. The van der Waals surface area contributed by atoms with Crippen LogP contribution < -0.4 is 20.3 Å². The number of nitrogens with zero attached hydrogens (tertiary/aromatic N) is 2. The van der Waals surface area contributed by atoms with E-state index in [2.05, 4.69) is 10.6 Å². The van der Waals surface area contributed by atoms with Crippen LogP contribution in [0.15, 0.2) is 59.6 Å². The van der Waals surface area contributed by atoms with E-state index in [1.165, 1.54) is 18.2 Å². The summed E-state index contributed by atoms with van der Waals surface area (Å²) in [7, 11) is 1.59. The van der Waals surface area contributed by atoms with Crippen LogP contribution in [0.5, 0.6) is 5.75 Å². The fraction of sp³-hybridized carbons (Fsp3) is 0.192. The molecule has 7 nitrogen and oxygen atoms in total. The van der Waals surface area contributed by atoms with Gasteiger partial charge in [-0.15, -0.1) is 0 Å². The van der Waals surface area contributed by atoms with E-state index in [0.717, 1.165) is 10.5 Å². The van der Waals surface area contributed by atoms with Gasteiger partial charge in [0.05, 0.1) is 35.5 Å². The minimum atomic E-state index is -1.49. The Labute approximate surface area is 232 Å². The van der Waals surface area contributed by atoms with Gasteiger partial charge in [0.25, 0.3) is 5.91 Å². The molecule has 0 radical (unpaired) electrons. The SMILES string of the molecule is COc1ccc(CC2N=C3Nc4c(Cl)cc(Cl)cc4C4(N3)C(=O)N(c3cc(Cl)cc(Cl)c3)C(=O)C24)cc1. The summed E-state index contributed by atoms with van der Waals surface area (Å²) in [4.78, 5) is 34.4. The Bertz CT molecular complexity index is 1490. The summed E-state index contributed by atoms with van der Waals surface area (Å²) in [5.41, 5.74) is 0.663. The van der Waals surface area contributed by atoms with Crippen molar-refractivity contribution in [3.05, 3.63) is 85.8 Å². The number of imide groups is 1. The average Bonchev–Trinajstić information content (AvgIpc) is 3.06. The first kappa shape index (κ1) is 24.4. The lowest BCUT2D eigenvalue weighted by molar-refractivity contribution is -0.123. The highest BCUT2D eigenvalue weighted by molar-refractivity contribution is 6.39. The lowest BCUT2D eigenvalue weighted by atomic mass is 9.72. The first-order chi connectivity index (χ1) is 17.7. The van der Waals surface area contributed by atoms with E-state index < -0.39 is 29.3 Å². The molecule has 2 N–H and O–H groups in total. The number of ether oxygens (including phenoxy) is 1. The van der Waals surface area contributed by atoms with E-state index in [9.17, 15) is 9.59 Å². The standard InChI is InChI=1S/C26H18Cl4N4O3/c1-37-17-4-2-12(3-5-17)6-20-21-23(35)34(16-8-13(27)7-14(28)9-16)24(36)26(21)18-10-15(29)11-19(30)22(18)32-25(31-20)33-26/h2-5,7-11,20-21H,6H2,1H3,(H2,31,32,33). The molecule has 37 heavy (non-hydrogen) atoms. The molecule has 3 aromatic rings. The van der Waals surface area contributed by atoms with Crippen molar-refractivity contribution in [1.29, 1.82) is 0 Å². The molecule has 0 saturated carbocycles. The van der Waals surface area contributed by atoms with Crippen LogP contribution in [-0.4, -0.2) is 30.9 Å². The third-order valence-electron chi connectivity index (χ3n) is 6.92. The summed E-state index contributed by atoms with van der Waals surface area (Å²) in [5.74, 6) is -0.766. The van der Waals surface area contributed by atoms with Gasteiger partial charge < -0.3 is 15.4 Å². The Kier molecular flexibility index (Phi) is 5.80. The molecule has 3 atom stereocenters. The van der Waals surface area contributed by atoms with Gasteiger partial charge in [-0.2, -0.15) is 0 Å². The minimum Gasteiger partial charge on any atom is -0.497 e. The second-order valence-electron chi connectivity index (χ2n) is 9.05. The number of carbonyl (C=O) groups is 2. The van der Waals surface area contributed by atoms with Crippen LogP contribution in [0.3, 0.4) is 0 Å². The number of hydrogen-bond donors (Lipinski definition) is 2. The zero-order valence-electron chi connectivity index (χ0n) is 19.2. The van der Waals surface area contributed by atoms with Crippen molar-refractivity contribution >= 4 is 75.6 Å². The predicted octanol–water partition coefficient (Wildman–Crippen LogP) is 5.69. The molecule has 0 aromatic heterocycles. The topological polar surface area (TPSA) is 83.0 Å². The molecule has 3 aliphatic heterocycles. The fourth-order valence-electron chi connectivity index (χ4n) is 5.40. The highest BCUT2D eigenvalue weighted by Crippen LogP contribution is 2.52. The molecule has 0 aliphatic carbocycles. The molecule has 1 saturated heterocycles. The smallest absolute Gasteiger partial charge is 0.265 e. The van der Waals surface area contributed by atoms with Gasteiger partial charge in [-0.05, 0) is 54.4 Å². The lowest BCUT2D eigenvalue weighted by Crippen LogP contribution is -2.64. The maximum absolute atomic E-state index is 14.3. The van der Waals surface area contributed by atoms with Crippen LogP contribution in [0.1, 0.15) is 11.1 Å². The second-order valence-corrected chi connectivity index (χ2v) is 10.8. The third kappa shape index (κ3) is 3.76. The van der Waals surface area contributed by atoms with Crippen molar-refractivity contribution in [2.45, 2.75) is 18.0 Å².